The van der Waals surface area contributed by atoms with Crippen LogP contribution in [-0.2, 0) is 20.9 Å². The van der Waals surface area contributed by atoms with Gasteiger partial charge in [-0.25, -0.2) is 0 Å². The average Bonchev–Trinajstić information content (AvgIpc) is 2.97. The predicted molar refractivity (Wildman–Crippen MR) is 74.3 cm³/mol. The van der Waals surface area contributed by atoms with E-state index in [1.165, 1.54) is 0 Å². The molecule has 108 valence electrons. The predicted octanol–water partition coefficient (Wildman–Crippen LogP) is 2.16. The minimum atomic E-state index is -0.671. The quantitative estimate of drug-likeness (QED) is 0.484. The second-order valence-electron chi connectivity index (χ2n) is 5.75. The standard InChI is InChI=1S/C16H16N2O3/c17-18-13-9-16(14(13)19)8-4-7-12(16)15(20)21-10-11-5-2-1-3-6-11/h1-3,5-6,12H,4,7-10H2. The Hall–Kier alpha value is -2.26. The van der Waals surface area contributed by atoms with Crippen molar-refractivity contribution in [3.05, 3.63) is 41.4 Å². The molecule has 21 heavy (non-hydrogen) atoms. The van der Waals surface area contributed by atoms with E-state index in [0.29, 0.717) is 19.3 Å². The molecule has 5 heteroatoms. The van der Waals surface area contributed by atoms with Crippen LogP contribution in [-0.4, -0.2) is 22.3 Å². The Morgan fingerprint density at radius 1 is 1.38 bits per heavy atom. The van der Waals surface area contributed by atoms with Crippen LogP contribution in [0, 0.1) is 11.3 Å². The number of nitrogens with zero attached hydrogens (tertiary/aromatic N) is 2. The molecule has 1 spiro atoms. The fraction of sp³-hybridized carbons (Fsp3) is 0.438. The maximum absolute atomic E-state index is 12.3. The molecule has 0 heterocycles. The van der Waals surface area contributed by atoms with Crippen molar-refractivity contribution in [2.24, 2.45) is 11.3 Å². The Morgan fingerprint density at radius 2 is 2.14 bits per heavy atom. The summed E-state index contributed by atoms with van der Waals surface area (Å²) in [4.78, 5) is 27.4. The summed E-state index contributed by atoms with van der Waals surface area (Å²) in [5, 5.41) is 0. The molecule has 0 radical (unpaired) electrons. The van der Waals surface area contributed by atoms with Gasteiger partial charge in [-0.2, -0.15) is 4.79 Å². The number of Topliss-reactive ketones (excluding diaryl/α,β-unsaturated/α-hetero) is 1. The van der Waals surface area contributed by atoms with Crippen molar-refractivity contribution in [2.45, 2.75) is 32.3 Å². The molecule has 0 amide bonds. The lowest BCUT2D eigenvalue weighted by atomic mass is 9.60. The van der Waals surface area contributed by atoms with Crippen molar-refractivity contribution in [3.63, 3.8) is 0 Å². The van der Waals surface area contributed by atoms with E-state index in [4.69, 9.17) is 10.3 Å². The zero-order valence-corrected chi connectivity index (χ0v) is 11.6. The highest BCUT2D eigenvalue weighted by atomic mass is 16.5. The second kappa shape index (κ2) is 5.26. The van der Waals surface area contributed by atoms with E-state index in [1.807, 2.05) is 30.3 Å². The average molecular weight is 284 g/mol. The maximum Gasteiger partial charge on any atom is 0.336 e. The van der Waals surface area contributed by atoms with E-state index < -0.39 is 11.3 Å². The molecule has 2 unspecified atom stereocenters. The topological polar surface area (TPSA) is 79.8 Å². The summed E-state index contributed by atoms with van der Waals surface area (Å²) in [5.74, 6) is -0.912. The molecule has 1 aromatic carbocycles. The first-order valence-electron chi connectivity index (χ1n) is 7.14. The summed E-state index contributed by atoms with van der Waals surface area (Å²) in [6, 6.07) is 9.46. The molecule has 0 N–H and O–H groups in total. The number of rotatable bonds is 3. The molecule has 0 aromatic heterocycles. The number of hydrogen-bond donors (Lipinski definition) is 0. The summed E-state index contributed by atoms with van der Waals surface area (Å²) in [7, 11) is 0. The second-order valence-corrected chi connectivity index (χ2v) is 5.75. The highest BCUT2D eigenvalue weighted by Crippen LogP contribution is 2.53. The number of esters is 1. The molecule has 0 saturated heterocycles. The van der Waals surface area contributed by atoms with Crippen LogP contribution in [0.5, 0.6) is 0 Å². The van der Waals surface area contributed by atoms with E-state index in [0.717, 1.165) is 12.0 Å². The van der Waals surface area contributed by atoms with Gasteiger partial charge in [-0.1, -0.05) is 36.8 Å². The third-order valence-electron chi connectivity index (χ3n) is 4.61. The number of ketones is 1. The minimum absolute atomic E-state index is 0.178. The Kier molecular flexibility index (Phi) is 3.43. The van der Waals surface area contributed by atoms with E-state index in [-0.39, 0.29) is 24.1 Å². The normalized spacial score (nSPS) is 27.3. The Balaban J connectivity index is 1.67. The molecular weight excluding hydrogens is 268 g/mol. The van der Waals surface area contributed by atoms with Gasteiger partial charge in [0.1, 0.15) is 6.61 Å². The van der Waals surface area contributed by atoms with Crippen LogP contribution in [0.15, 0.2) is 30.3 Å². The van der Waals surface area contributed by atoms with Crippen molar-refractivity contribution >= 4 is 17.5 Å². The fourth-order valence-corrected chi connectivity index (χ4v) is 3.45. The Morgan fingerprint density at radius 3 is 2.81 bits per heavy atom. The van der Waals surface area contributed by atoms with Crippen LogP contribution in [0.25, 0.3) is 5.53 Å². The van der Waals surface area contributed by atoms with Gasteiger partial charge in [0.05, 0.1) is 17.8 Å². The minimum Gasteiger partial charge on any atom is -0.461 e. The number of benzene rings is 1. The maximum atomic E-state index is 12.3. The van der Waals surface area contributed by atoms with Crippen molar-refractivity contribution < 1.29 is 19.1 Å². The van der Waals surface area contributed by atoms with Crippen molar-refractivity contribution in [1.29, 1.82) is 0 Å². The molecule has 5 nitrogen and oxygen atoms in total. The van der Waals surface area contributed by atoms with E-state index in [2.05, 4.69) is 4.79 Å². The molecule has 2 atom stereocenters. The summed E-state index contributed by atoms with van der Waals surface area (Å²) < 4.78 is 5.37. The number of carbonyl (C=O) groups is 2. The van der Waals surface area contributed by atoms with E-state index in [1.54, 1.807) is 0 Å². The molecule has 2 aliphatic carbocycles. The molecule has 2 fully saturated rings. The SMILES string of the molecule is [N-]=[N+]=C1CC2(CCCC2C(=O)OCc2ccccc2)C1=O. The monoisotopic (exact) mass is 284 g/mol. The van der Waals surface area contributed by atoms with Gasteiger partial charge in [-0.15, -0.1) is 0 Å². The number of carbonyl (C=O) groups excluding carboxylic acids is 2. The van der Waals surface area contributed by atoms with Crippen LogP contribution in [0.2, 0.25) is 0 Å². The molecule has 3 rings (SSSR count). The van der Waals surface area contributed by atoms with Gasteiger partial charge in [0, 0.05) is 0 Å². The first-order chi connectivity index (χ1) is 10.2. The number of ether oxygens (including phenoxy) is 1. The van der Waals surface area contributed by atoms with Crippen LogP contribution >= 0.6 is 0 Å². The summed E-state index contributed by atoms with van der Waals surface area (Å²) in [5.41, 5.74) is 9.16. The van der Waals surface area contributed by atoms with Gasteiger partial charge in [0.25, 0.3) is 0 Å². The zero-order valence-electron chi connectivity index (χ0n) is 11.6. The van der Waals surface area contributed by atoms with Crippen molar-refractivity contribution in [1.82, 2.24) is 0 Å². The van der Waals surface area contributed by atoms with Crippen molar-refractivity contribution in [3.8, 4) is 0 Å². The first kappa shape index (κ1) is 13.7. The molecule has 0 bridgehead atoms. The van der Waals surface area contributed by atoms with Gasteiger partial charge in [0.15, 0.2) is 0 Å². The summed E-state index contributed by atoms with van der Waals surface area (Å²) in [6.07, 6.45) is 2.55. The van der Waals surface area contributed by atoms with E-state index >= 15 is 0 Å². The highest BCUT2D eigenvalue weighted by molar-refractivity contribution is 6.46. The summed E-state index contributed by atoms with van der Waals surface area (Å²) in [6.45, 7) is 0.224. The molecule has 0 aliphatic heterocycles. The molecular formula is C16H16N2O3. The molecule has 2 saturated carbocycles. The third kappa shape index (κ3) is 2.20. The van der Waals surface area contributed by atoms with Crippen LogP contribution < -0.4 is 0 Å². The molecule has 2 aliphatic rings. The van der Waals surface area contributed by atoms with Crippen LogP contribution in [0.1, 0.15) is 31.2 Å². The summed E-state index contributed by atoms with van der Waals surface area (Å²) >= 11 is 0. The van der Waals surface area contributed by atoms with Gasteiger partial charge in [-0.05, 0) is 18.4 Å². The largest absolute Gasteiger partial charge is 0.461 e. The fourth-order valence-electron chi connectivity index (χ4n) is 3.45. The van der Waals surface area contributed by atoms with Gasteiger partial charge < -0.3 is 10.3 Å². The first-order valence-corrected chi connectivity index (χ1v) is 7.14. The lowest BCUT2D eigenvalue weighted by Crippen LogP contribution is -2.54. The van der Waals surface area contributed by atoms with Gasteiger partial charge >= 0.3 is 11.7 Å². The third-order valence-corrected chi connectivity index (χ3v) is 4.61. The number of hydrogen-bond acceptors (Lipinski definition) is 3. The van der Waals surface area contributed by atoms with Gasteiger partial charge in [0.2, 0.25) is 5.78 Å². The van der Waals surface area contributed by atoms with E-state index in [9.17, 15) is 9.59 Å². The van der Waals surface area contributed by atoms with Crippen molar-refractivity contribution in [2.75, 3.05) is 0 Å². The smallest absolute Gasteiger partial charge is 0.336 e. The zero-order chi connectivity index (χ0) is 14.9. The lowest BCUT2D eigenvalue weighted by Gasteiger charge is -2.36. The Bertz CT molecular complexity index is 634. The van der Waals surface area contributed by atoms with Gasteiger partial charge in [-0.3, -0.25) is 9.59 Å². The van der Waals surface area contributed by atoms with Crippen LogP contribution in [0.3, 0.4) is 0 Å². The highest BCUT2D eigenvalue weighted by Gasteiger charge is 2.65. The lowest BCUT2D eigenvalue weighted by molar-refractivity contribution is -0.159. The van der Waals surface area contributed by atoms with Crippen LogP contribution in [0.4, 0.5) is 0 Å². The molecule has 1 aromatic rings. The Labute approximate surface area is 122 Å².